The first kappa shape index (κ1) is 18.8. The average Bonchev–Trinajstić information content (AvgIpc) is 3.05. The second-order valence-electron chi connectivity index (χ2n) is 6.94. The van der Waals surface area contributed by atoms with Crippen LogP contribution in [0.25, 0.3) is 0 Å². The molecule has 2 aliphatic heterocycles. The zero-order chi connectivity index (χ0) is 17.9. The Balaban J connectivity index is 1.81. The number of aromatic nitrogens is 2. The van der Waals surface area contributed by atoms with E-state index >= 15 is 0 Å². The van der Waals surface area contributed by atoms with Crippen molar-refractivity contribution >= 4 is 10.2 Å². The predicted octanol–water partition coefficient (Wildman–Crippen LogP) is 2.03. The van der Waals surface area contributed by atoms with Gasteiger partial charge in [-0.1, -0.05) is 26.7 Å². The summed E-state index contributed by atoms with van der Waals surface area (Å²) in [5.74, 6) is 0.418. The van der Waals surface area contributed by atoms with Crippen LogP contribution in [0.4, 0.5) is 0 Å². The Hall–Kier alpha value is -0.960. The maximum Gasteiger partial charge on any atom is 0.282 e. The molecule has 1 N–H and O–H groups in total. The Morgan fingerprint density at radius 1 is 1.12 bits per heavy atom. The highest BCUT2D eigenvalue weighted by molar-refractivity contribution is 7.86. The maximum atomic E-state index is 13.0. The number of ether oxygens (including phenoxy) is 1. The van der Waals surface area contributed by atoms with Crippen LogP contribution in [0, 0.1) is 0 Å². The molecule has 3 heterocycles. The molecule has 0 saturated carbocycles. The number of hydrogen-bond donors (Lipinski definition) is 1. The van der Waals surface area contributed by atoms with Gasteiger partial charge in [0.05, 0.1) is 18.9 Å². The number of nitrogens with one attached hydrogen (secondary N) is 1. The molecule has 8 heteroatoms. The quantitative estimate of drug-likeness (QED) is 0.796. The van der Waals surface area contributed by atoms with Gasteiger partial charge in [0.25, 0.3) is 10.2 Å². The van der Waals surface area contributed by atoms with Gasteiger partial charge in [0, 0.05) is 49.8 Å². The highest BCUT2D eigenvalue weighted by atomic mass is 32.2. The van der Waals surface area contributed by atoms with Gasteiger partial charge in [-0.05, 0) is 12.8 Å². The molecule has 1 saturated heterocycles. The van der Waals surface area contributed by atoms with Crippen molar-refractivity contribution in [3.05, 3.63) is 17.0 Å². The average molecular weight is 371 g/mol. The summed E-state index contributed by atoms with van der Waals surface area (Å²) in [6.07, 6.45) is 5.13. The molecule has 0 spiro atoms. The standard InChI is InChI=1S/C17H30N4O3S/c1-3-5-14(6-4-2)17-15-13-21(8-7-16(15)18-19-17)25(22,23)20-9-11-24-12-10-20/h14H,3-13H2,1-2H3,(H,18,19). The Kier molecular flexibility index (Phi) is 6.14. The summed E-state index contributed by atoms with van der Waals surface area (Å²) in [6, 6.07) is 0. The van der Waals surface area contributed by atoms with Gasteiger partial charge in [-0.3, -0.25) is 5.10 Å². The summed E-state index contributed by atoms with van der Waals surface area (Å²) in [6.45, 7) is 7.17. The fourth-order valence-electron chi connectivity index (χ4n) is 3.88. The second-order valence-corrected chi connectivity index (χ2v) is 8.87. The van der Waals surface area contributed by atoms with Crippen molar-refractivity contribution < 1.29 is 13.2 Å². The van der Waals surface area contributed by atoms with Crippen molar-refractivity contribution in [3.8, 4) is 0 Å². The molecule has 3 rings (SSSR count). The van der Waals surface area contributed by atoms with Gasteiger partial charge in [0.1, 0.15) is 0 Å². The van der Waals surface area contributed by atoms with Gasteiger partial charge in [0.2, 0.25) is 0 Å². The summed E-state index contributed by atoms with van der Waals surface area (Å²) in [5, 5.41) is 7.75. The molecule has 0 amide bonds. The summed E-state index contributed by atoms with van der Waals surface area (Å²) >= 11 is 0. The lowest BCUT2D eigenvalue weighted by atomic mass is 9.90. The van der Waals surface area contributed by atoms with Crippen LogP contribution < -0.4 is 0 Å². The summed E-state index contributed by atoms with van der Waals surface area (Å²) in [4.78, 5) is 0. The van der Waals surface area contributed by atoms with E-state index in [1.807, 2.05) is 0 Å². The van der Waals surface area contributed by atoms with Gasteiger partial charge in [-0.25, -0.2) is 0 Å². The molecular formula is C17H30N4O3S. The number of rotatable bonds is 7. The molecule has 1 aromatic heterocycles. The Bertz CT molecular complexity index is 661. The number of aromatic amines is 1. The van der Waals surface area contributed by atoms with Crippen molar-refractivity contribution in [2.24, 2.45) is 0 Å². The van der Waals surface area contributed by atoms with Crippen LogP contribution in [-0.2, 0) is 27.9 Å². The van der Waals surface area contributed by atoms with Crippen LogP contribution in [0.1, 0.15) is 62.4 Å². The maximum absolute atomic E-state index is 13.0. The second kappa shape index (κ2) is 8.16. The van der Waals surface area contributed by atoms with Crippen molar-refractivity contribution in [2.75, 3.05) is 32.8 Å². The largest absolute Gasteiger partial charge is 0.379 e. The molecule has 0 atom stereocenters. The first-order valence-corrected chi connectivity index (χ1v) is 10.9. The molecule has 2 aliphatic rings. The molecule has 0 unspecified atom stereocenters. The lowest BCUT2D eigenvalue weighted by Crippen LogP contribution is -2.49. The van der Waals surface area contributed by atoms with E-state index in [1.165, 1.54) is 0 Å². The minimum atomic E-state index is -3.43. The van der Waals surface area contributed by atoms with E-state index in [2.05, 4.69) is 24.0 Å². The van der Waals surface area contributed by atoms with Crippen LogP contribution in [0.5, 0.6) is 0 Å². The summed E-state index contributed by atoms with van der Waals surface area (Å²) in [5.41, 5.74) is 3.30. The Morgan fingerprint density at radius 2 is 1.80 bits per heavy atom. The van der Waals surface area contributed by atoms with Crippen molar-refractivity contribution in [1.29, 1.82) is 0 Å². The number of morpholine rings is 1. The Labute approximate surface area is 150 Å². The lowest BCUT2D eigenvalue weighted by molar-refractivity contribution is 0.0698. The fourth-order valence-corrected chi connectivity index (χ4v) is 5.43. The molecule has 25 heavy (non-hydrogen) atoms. The monoisotopic (exact) mass is 370 g/mol. The van der Waals surface area contributed by atoms with Gasteiger partial charge < -0.3 is 4.74 Å². The smallest absolute Gasteiger partial charge is 0.282 e. The van der Waals surface area contributed by atoms with Crippen molar-refractivity contribution in [3.63, 3.8) is 0 Å². The third-order valence-electron chi connectivity index (χ3n) is 5.21. The molecule has 7 nitrogen and oxygen atoms in total. The molecule has 0 aliphatic carbocycles. The van der Waals surface area contributed by atoms with E-state index < -0.39 is 10.2 Å². The van der Waals surface area contributed by atoms with Crippen molar-refractivity contribution in [2.45, 2.75) is 58.4 Å². The minimum Gasteiger partial charge on any atom is -0.379 e. The number of hydrogen-bond acceptors (Lipinski definition) is 4. The van der Waals surface area contributed by atoms with E-state index in [1.54, 1.807) is 8.61 Å². The van der Waals surface area contributed by atoms with Gasteiger partial charge in [0.15, 0.2) is 0 Å². The van der Waals surface area contributed by atoms with Crippen LogP contribution in [-0.4, -0.2) is 60.1 Å². The third-order valence-corrected chi connectivity index (χ3v) is 7.20. The topological polar surface area (TPSA) is 78.5 Å². The van der Waals surface area contributed by atoms with Gasteiger partial charge >= 0.3 is 0 Å². The normalized spacial score (nSPS) is 20.1. The molecule has 1 aromatic rings. The van der Waals surface area contributed by atoms with Crippen molar-refractivity contribution in [1.82, 2.24) is 18.8 Å². The first-order valence-electron chi connectivity index (χ1n) is 9.46. The van der Waals surface area contributed by atoms with E-state index in [0.29, 0.717) is 51.7 Å². The highest BCUT2D eigenvalue weighted by Gasteiger charge is 2.35. The molecule has 0 bridgehead atoms. The molecule has 142 valence electrons. The van der Waals surface area contributed by atoms with Crippen LogP contribution in [0.3, 0.4) is 0 Å². The lowest BCUT2D eigenvalue weighted by Gasteiger charge is -2.34. The molecule has 1 fully saturated rings. The predicted molar refractivity (Wildman–Crippen MR) is 96.6 cm³/mol. The number of nitrogens with zero attached hydrogens (tertiary/aromatic N) is 3. The van der Waals surface area contributed by atoms with Gasteiger partial charge in [-0.2, -0.15) is 22.1 Å². The van der Waals surface area contributed by atoms with E-state index in [0.717, 1.165) is 42.6 Å². The van der Waals surface area contributed by atoms with Crippen LogP contribution >= 0.6 is 0 Å². The fraction of sp³-hybridized carbons (Fsp3) is 0.824. The third kappa shape index (κ3) is 3.92. The first-order chi connectivity index (χ1) is 12.1. The summed E-state index contributed by atoms with van der Waals surface area (Å²) in [7, 11) is -3.43. The highest BCUT2D eigenvalue weighted by Crippen LogP contribution is 2.32. The minimum absolute atomic E-state index is 0.418. The molecule has 0 aromatic carbocycles. The number of H-pyrrole nitrogens is 1. The molecule has 0 radical (unpaired) electrons. The van der Waals surface area contributed by atoms with Crippen LogP contribution in [0.2, 0.25) is 0 Å². The Morgan fingerprint density at radius 3 is 2.44 bits per heavy atom. The van der Waals surface area contributed by atoms with E-state index in [4.69, 9.17) is 4.74 Å². The van der Waals surface area contributed by atoms with Gasteiger partial charge in [-0.15, -0.1) is 0 Å². The SMILES string of the molecule is CCCC(CCC)c1n[nH]c2c1CN(S(=O)(=O)N1CCOCC1)CC2. The zero-order valence-electron chi connectivity index (χ0n) is 15.3. The van der Waals surface area contributed by atoms with Crippen LogP contribution in [0.15, 0.2) is 0 Å². The molecular weight excluding hydrogens is 340 g/mol. The van der Waals surface area contributed by atoms with E-state index in [-0.39, 0.29) is 0 Å². The van der Waals surface area contributed by atoms with E-state index in [9.17, 15) is 8.42 Å². The zero-order valence-corrected chi connectivity index (χ0v) is 16.1. The number of fused-ring (bicyclic) bond motifs is 1. The summed E-state index contributed by atoms with van der Waals surface area (Å²) < 4.78 is 34.4.